The minimum absolute atomic E-state index is 0.0235. The van der Waals surface area contributed by atoms with Gasteiger partial charge in [-0.1, -0.05) is 37.4 Å². The molecule has 2 heterocycles. The molecule has 1 aliphatic carbocycles. The Morgan fingerprint density at radius 1 is 1.14 bits per heavy atom. The van der Waals surface area contributed by atoms with E-state index in [1.54, 1.807) is 12.1 Å². The second-order valence-electron chi connectivity index (χ2n) is 8.25. The van der Waals surface area contributed by atoms with Crippen molar-refractivity contribution in [1.82, 2.24) is 0 Å². The van der Waals surface area contributed by atoms with Crippen molar-refractivity contribution in [2.75, 3.05) is 16.4 Å². The number of amidine groups is 1. The van der Waals surface area contributed by atoms with Crippen LogP contribution in [0.4, 0.5) is 5.69 Å². The lowest BCUT2D eigenvalue weighted by Crippen LogP contribution is -2.37. The molecule has 156 valence electrons. The lowest BCUT2D eigenvalue weighted by atomic mass is 10.0. The van der Waals surface area contributed by atoms with Crippen LogP contribution in [-0.2, 0) is 14.6 Å². The van der Waals surface area contributed by atoms with Gasteiger partial charge in [-0.3, -0.25) is 9.59 Å². The van der Waals surface area contributed by atoms with Crippen molar-refractivity contribution in [3.05, 3.63) is 29.8 Å². The molecule has 1 amide bonds. The van der Waals surface area contributed by atoms with E-state index >= 15 is 0 Å². The number of Topliss-reactive ketones (excluding diaryl/α,β-unsaturated/α-hetero) is 1. The topological polar surface area (TPSA) is 83.9 Å². The monoisotopic (exact) mass is 434 g/mol. The zero-order valence-corrected chi connectivity index (χ0v) is 18.2. The van der Waals surface area contributed by atoms with Crippen molar-refractivity contribution >= 4 is 44.1 Å². The number of carbonyl (C=O) groups excluding carboxylic acids is 2. The highest BCUT2D eigenvalue weighted by Gasteiger charge is 2.49. The number of aliphatic imine (C=N–C) groups is 1. The molecule has 0 radical (unpaired) electrons. The third-order valence-corrected chi connectivity index (χ3v) is 9.29. The molecule has 1 aromatic rings. The first-order chi connectivity index (χ1) is 13.8. The second kappa shape index (κ2) is 8.22. The molecule has 0 N–H and O–H groups in total. The number of fused-ring (bicyclic) bond motifs is 1. The molecule has 6 nitrogen and oxygen atoms in total. The Kier molecular flexibility index (Phi) is 5.84. The average molecular weight is 435 g/mol. The number of hydrogen-bond acceptors (Lipinski definition) is 5. The van der Waals surface area contributed by atoms with Gasteiger partial charge in [0.25, 0.3) is 0 Å². The van der Waals surface area contributed by atoms with Gasteiger partial charge in [-0.2, -0.15) is 4.99 Å². The van der Waals surface area contributed by atoms with Gasteiger partial charge in [-0.25, -0.2) is 8.42 Å². The lowest BCUT2D eigenvalue weighted by Gasteiger charge is -2.24. The average Bonchev–Trinajstić information content (AvgIpc) is 3.34. The number of ketones is 1. The number of amides is 1. The summed E-state index contributed by atoms with van der Waals surface area (Å²) in [5.74, 6) is 0.654. The highest BCUT2D eigenvalue weighted by atomic mass is 32.2. The first-order valence-electron chi connectivity index (χ1n) is 10.2. The van der Waals surface area contributed by atoms with Crippen molar-refractivity contribution < 1.29 is 18.0 Å². The van der Waals surface area contributed by atoms with E-state index < -0.39 is 9.84 Å². The predicted octanol–water partition coefficient (Wildman–Crippen LogP) is 3.46. The van der Waals surface area contributed by atoms with Gasteiger partial charge in [-0.05, 0) is 43.5 Å². The zero-order chi connectivity index (χ0) is 20.6. The largest absolute Gasteiger partial charge is 0.316 e. The van der Waals surface area contributed by atoms with Gasteiger partial charge < -0.3 is 4.90 Å². The van der Waals surface area contributed by atoms with Crippen molar-refractivity contribution in [1.29, 1.82) is 0 Å². The van der Waals surface area contributed by atoms with Crippen LogP contribution in [0.1, 0.15) is 55.8 Å². The number of hydrogen-bond donors (Lipinski definition) is 0. The number of carbonyl (C=O) groups is 2. The van der Waals surface area contributed by atoms with Crippen molar-refractivity contribution in [3.8, 4) is 0 Å². The van der Waals surface area contributed by atoms with E-state index in [1.165, 1.54) is 44.4 Å². The maximum absolute atomic E-state index is 12.5. The number of sulfone groups is 1. The molecule has 1 aromatic carbocycles. The van der Waals surface area contributed by atoms with Gasteiger partial charge in [-0.15, -0.1) is 0 Å². The quantitative estimate of drug-likeness (QED) is 0.660. The maximum Gasteiger partial charge on any atom is 0.248 e. The molecule has 4 rings (SSSR count). The first-order valence-corrected chi connectivity index (χ1v) is 12.9. The maximum atomic E-state index is 12.5. The Bertz CT molecular complexity index is 934. The Morgan fingerprint density at radius 3 is 2.48 bits per heavy atom. The molecule has 2 atom stereocenters. The molecular formula is C21H26N2O4S2. The van der Waals surface area contributed by atoms with Crippen LogP contribution in [0.25, 0.3) is 0 Å². The molecule has 2 aliphatic heterocycles. The first kappa shape index (κ1) is 20.6. The molecule has 8 heteroatoms. The van der Waals surface area contributed by atoms with E-state index in [1.807, 2.05) is 17.0 Å². The summed E-state index contributed by atoms with van der Waals surface area (Å²) in [5, 5.41) is 0.468. The summed E-state index contributed by atoms with van der Waals surface area (Å²) in [6.07, 6.45) is 6.24. The summed E-state index contributed by atoms with van der Waals surface area (Å²) in [4.78, 5) is 30.4. The number of rotatable bonds is 5. The Hall–Kier alpha value is -1.67. The smallest absolute Gasteiger partial charge is 0.248 e. The van der Waals surface area contributed by atoms with Crippen LogP contribution in [0.5, 0.6) is 0 Å². The van der Waals surface area contributed by atoms with Gasteiger partial charge in [0, 0.05) is 22.9 Å². The highest BCUT2D eigenvalue weighted by molar-refractivity contribution is 8.16. The number of anilines is 1. The molecule has 2 saturated heterocycles. The minimum atomic E-state index is -3.10. The van der Waals surface area contributed by atoms with Gasteiger partial charge in [0.1, 0.15) is 0 Å². The normalized spacial score (nSPS) is 27.5. The van der Waals surface area contributed by atoms with E-state index in [9.17, 15) is 18.0 Å². The molecule has 3 fully saturated rings. The van der Waals surface area contributed by atoms with Gasteiger partial charge in [0.2, 0.25) is 5.91 Å². The SMILES string of the molecule is CC(=O)c1ccc(N2C(=NC(=O)CCC3CCCC3)S[C@H]3CS(=O)(=O)C[C@@H]32)cc1. The second-order valence-corrected chi connectivity index (χ2v) is 11.6. The Balaban J connectivity index is 1.56. The fourth-order valence-corrected chi connectivity index (χ4v) is 8.44. The standard InChI is InChI=1S/C21H26N2O4S2/c1-14(24)16-7-9-17(10-8-16)23-18-12-29(26,27)13-19(18)28-21(23)22-20(25)11-6-15-4-2-3-5-15/h7-10,15,18-19H,2-6,11-13H2,1H3/t18-,19-/m0/s1. The highest BCUT2D eigenvalue weighted by Crippen LogP contribution is 2.41. The van der Waals surface area contributed by atoms with E-state index in [0.717, 1.165) is 12.1 Å². The summed E-state index contributed by atoms with van der Waals surface area (Å²) < 4.78 is 24.3. The summed E-state index contributed by atoms with van der Waals surface area (Å²) in [6, 6.07) is 6.86. The zero-order valence-electron chi connectivity index (χ0n) is 16.5. The fraction of sp³-hybridized carbons (Fsp3) is 0.571. The van der Waals surface area contributed by atoms with Crippen LogP contribution in [0.3, 0.4) is 0 Å². The van der Waals surface area contributed by atoms with E-state index in [2.05, 4.69) is 4.99 Å². The van der Waals surface area contributed by atoms with Crippen LogP contribution in [-0.4, -0.2) is 48.1 Å². The van der Waals surface area contributed by atoms with Crippen molar-refractivity contribution in [2.45, 2.75) is 56.7 Å². The summed E-state index contributed by atoms with van der Waals surface area (Å²) in [6.45, 7) is 1.51. The van der Waals surface area contributed by atoms with Crippen LogP contribution < -0.4 is 4.90 Å². The summed E-state index contributed by atoms with van der Waals surface area (Å²) in [5.41, 5.74) is 1.37. The third kappa shape index (κ3) is 4.58. The molecule has 3 aliphatic rings. The third-order valence-electron chi connectivity index (χ3n) is 6.08. The van der Waals surface area contributed by atoms with Crippen molar-refractivity contribution in [2.24, 2.45) is 10.9 Å². The predicted molar refractivity (Wildman–Crippen MR) is 116 cm³/mol. The number of benzene rings is 1. The van der Waals surface area contributed by atoms with E-state index in [0.29, 0.717) is 23.1 Å². The number of thioether (sulfide) groups is 1. The van der Waals surface area contributed by atoms with Crippen LogP contribution in [0.2, 0.25) is 0 Å². The number of nitrogens with zero attached hydrogens (tertiary/aromatic N) is 2. The minimum Gasteiger partial charge on any atom is -0.316 e. The molecule has 29 heavy (non-hydrogen) atoms. The molecule has 0 bridgehead atoms. The summed E-state index contributed by atoms with van der Waals surface area (Å²) >= 11 is 1.39. The van der Waals surface area contributed by atoms with Crippen LogP contribution in [0, 0.1) is 5.92 Å². The van der Waals surface area contributed by atoms with Gasteiger partial charge >= 0.3 is 0 Å². The molecule has 0 spiro atoms. The Labute approximate surface area is 176 Å². The molecule has 0 aromatic heterocycles. The van der Waals surface area contributed by atoms with E-state index in [4.69, 9.17) is 0 Å². The molecule has 0 unspecified atom stereocenters. The molecular weight excluding hydrogens is 408 g/mol. The van der Waals surface area contributed by atoms with Gasteiger partial charge in [0.15, 0.2) is 20.8 Å². The van der Waals surface area contributed by atoms with Gasteiger partial charge in [0.05, 0.1) is 17.5 Å². The van der Waals surface area contributed by atoms with E-state index in [-0.39, 0.29) is 34.5 Å². The van der Waals surface area contributed by atoms with Crippen LogP contribution >= 0.6 is 11.8 Å². The lowest BCUT2D eigenvalue weighted by molar-refractivity contribution is -0.118. The van der Waals surface area contributed by atoms with Crippen LogP contribution in [0.15, 0.2) is 29.3 Å². The summed E-state index contributed by atoms with van der Waals surface area (Å²) in [7, 11) is -3.10. The van der Waals surface area contributed by atoms with Crippen molar-refractivity contribution in [3.63, 3.8) is 0 Å². The Morgan fingerprint density at radius 2 is 1.83 bits per heavy atom. The fourth-order valence-electron chi connectivity index (χ4n) is 4.51. The molecule has 1 saturated carbocycles.